The second kappa shape index (κ2) is 7.70. The lowest BCUT2D eigenvalue weighted by Gasteiger charge is -2.37. The number of epoxide rings is 1. The van der Waals surface area contributed by atoms with Crippen molar-refractivity contribution in [3.8, 4) is 0 Å². The van der Waals surface area contributed by atoms with Crippen molar-refractivity contribution in [2.24, 2.45) is 11.8 Å². The van der Waals surface area contributed by atoms with Gasteiger partial charge >= 0.3 is 0 Å². The molecule has 5 heteroatoms. The third kappa shape index (κ3) is 4.84. The Morgan fingerprint density at radius 1 is 1.07 bits per heavy atom. The second-order valence-corrected chi connectivity index (χ2v) is 22.4. The van der Waals surface area contributed by atoms with Gasteiger partial charge < -0.3 is 9.16 Å². The molecule has 1 unspecified atom stereocenters. The minimum Gasteiger partial charge on any atom is -0.546 e. The number of ether oxygens (including phenoxy) is 1. The molecule has 0 aromatic rings. The molecule has 0 aromatic heterocycles. The van der Waals surface area contributed by atoms with Crippen LogP contribution in [0.3, 0.4) is 0 Å². The monoisotopic (exact) mass is 424 g/mol. The third-order valence-electron chi connectivity index (χ3n) is 8.04. The Hall–Kier alpha value is -0.396. The van der Waals surface area contributed by atoms with Gasteiger partial charge in [-0.05, 0) is 41.6 Å². The molecule has 0 aromatic carbocycles. The normalized spacial score (nSPS) is 30.0. The summed E-state index contributed by atoms with van der Waals surface area (Å²) in [6.07, 6.45) is 4.66. The van der Waals surface area contributed by atoms with Crippen molar-refractivity contribution in [2.45, 2.75) is 116 Å². The van der Waals surface area contributed by atoms with Crippen molar-refractivity contribution >= 4 is 22.2 Å². The highest BCUT2D eigenvalue weighted by molar-refractivity contribution is 6.82. The lowest BCUT2D eigenvalue weighted by molar-refractivity contribution is -0.119. The molecule has 3 nitrogen and oxygen atoms in total. The predicted octanol–water partition coefficient (Wildman–Crippen LogP) is 6.71. The second-order valence-electron chi connectivity index (χ2n) is 12.1. The molecule has 2 rings (SSSR count). The Kier molecular flexibility index (Phi) is 6.56. The summed E-state index contributed by atoms with van der Waals surface area (Å²) in [5, 5.41) is 0.437. The first-order chi connectivity index (χ1) is 12.5. The third-order valence-corrected chi connectivity index (χ3v) is 18.2. The van der Waals surface area contributed by atoms with Gasteiger partial charge in [0.15, 0.2) is 0 Å². The molecule has 4 atom stereocenters. The van der Waals surface area contributed by atoms with Gasteiger partial charge in [-0.15, -0.1) is 0 Å². The van der Waals surface area contributed by atoms with E-state index >= 15 is 0 Å². The lowest BCUT2D eigenvalue weighted by atomic mass is 9.85. The molecule has 0 bridgehead atoms. The zero-order valence-corrected chi connectivity index (χ0v) is 22.2. The van der Waals surface area contributed by atoms with Gasteiger partial charge in [0.1, 0.15) is 5.78 Å². The zero-order chi connectivity index (χ0) is 21.7. The van der Waals surface area contributed by atoms with Crippen molar-refractivity contribution in [1.29, 1.82) is 0 Å². The number of carbonyl (C=O) groups is 1. The zero-order valence-electron chi connectivity index (χ0n) is 20.2. The first-order valence-electron chi connectivity index (χ1n) is 11.1. The highest BCUT2D eigenvalue weighted by Crippen LogP contribution is 2.51. The van der Waals surface area contributed by atoms with E-state index in [1.165, 1.54) is 0 Å². The Labute approximate surface area is 175 Å². The van der Waals surface area contributed by atoms with E-state index in [4.69, 9.17) is 9.16 Å². The van der Waals surface area contributed by atoms with Gasteiger partial charge in [-0.2, -0.15) is 0 Å². The maximum absolute atomic E-state index is 12.8. The molecule has 1 aliphatic carbocycles. The average Bonchev–Trinajstić information content (AvgIpc) is 3.28. The van der Waals surface area contributed by atoms with Gasteiger partial charge in [-0.25, -0.2) is 0 Å². The van der Waals surface area contributed by atoms with Crippen molar-refractivity contribution in [3.05, 3.63) is 11.8 Å². The summed E-state index contributed by atoms with van der Waals surface area (Å²) in [5.41, 5.74) is 0.371. The van der Waals surface area contributed by atoms with Crippen LogP contribution in [0.2, 0.25) is 36.3 Å². The number of carbonyl (C=O) groups excluding carboxylic acids is 1. The highest BCUT2D eigenvalue weighted by atomic mass is 28.4. The predicted molar refractivity (Wildman–Crippen MR) is 124 cm³/mol. The highest BCUT2D eigenvalue weighted by Gasteiger charge is 2.59. The fraction of sp³-hybridized carbons (Fsp3) is 0.870. The van der Waals surface area contributed by atoms with Gasteiger partial charge in [0.25, 0.3) is 0 Å². The Morgan fingerprint density at radius 3 is 2.11 bits per heavy atom. The van der Waals surface area contributed by atoms with E-state index in [1.54, 1.807) is 0 Å². The Balaban J connectivity index is 2.23. The summed E-state index contributed by atoms with van der Waals surface area (Å²) >= 11 is 0. The SMILES string of the molecule is CC[C@@H]1C=C(O[Si](C)(C)C(C)(C)C)CC(=O)CC1[C@H]1O[C@@H]1[Si](C)(C)C(C)(C)C. The van der Waals surface area contributed by atoms with E-state index in [-0.39, 0.29) is 11.1 Å². The molecule has 0 N–H and O–H groups in total. The molecule has 1 saturated heterocycles. The Bertz CT molecular complexity index is 623. The van der Waals surface area contributed by atoms with E-state index < -0.39 is 16.4 Å². The van der Waals surface area contributed by atoms with Crippen LogP contribution in [0.5, 0.6) is 0 Å². The van der Waals surface area contributed by atoms with Crippen molar-refractivity contribution in [2.75, 3.05) is 0 Å². The van der Waals surface area contributed by atoms with Crippen LogP contribution in [0.25, 0.3) is 0 Å². The molecule has 0 amide bonds. The van der Waals surface area contributed by atoms with Gasteiger partial charge in [0.05, 0.1) is 32.1 Å². The molecule has 1 heterocycles. The maximum Gasteiger partial charge on any atom is 0.250 e. The summed E-state index contributed by atoms with van der Waals surface area (Å²) < 4.78 is 12.9. The molecule has 1 fully saturated rings. The van der Waals surface area contributed by atoms with Crippen LogP contribution in [0.1, 0.15) is 67.7 Å². The topological polar surface area (TPSA) is 38.8 Å². The van der Waals surface area contributed by atoms with Crippen molar-refractivity contribution in [3.63, 3.8) is 0 Å². The van der Waals surface area contributed by atoms with Crippen LogP contribution in [-0.4, -0.2) is 34.0 Å². The van der Waals surface area contributed by atoms with E-state index in [2.05, 4.69) is 80.7 Å². The molecule has 28 heavy (non-hydrogen) atoms. The number of hydrogen-bond acceptors (Lipinski definition) is 3. The quantitative estimate of drug-likeness (QED) is 0.363. The van der Waals surface area contributed by atoms with Crippen LogP contribution in [0.4, 0.5) is 0 Å². The largest absolute Gasteiger partial charge is 0.546 e. The van der Waals surface area contributed by atoms with Gasteiger partial charge in [-0.1, -0.05) is 61.6 Å². The van der Waals surface area contributed by atoms with Crippen LogP contribution in [0, 0.1) is 11.8 Å². The first kappa shape index (κ1) is 23.9. The number of ketones is 1. The summed E-state index contributed by atoms with van der Waals surface area (Å²) in [6, 6.07) is 0. The van der Waals surface area contributed by atoms with E-state index in [0.29, 0.717) is 41.2 Å². The number of hydrogen-bond donors (Lipinski definition) is 0. The summed E-state index contributed by atoms with van der Waals surface area (Å²) in [6.45, 7) is 25.4. The van der Waals surface area contributed by atoms with E-state index in [9.17, 15) is 4.79 Å². The smallest absolute Gasteiger partial charge is 0.250 e. The molecule has 2 aliphatic rings. The number of rotatable bonds is 5. The molecule has 0 radical (unpaired) electrons. The standard InChI is InChI=1S/C23H44O3Si2/c1-12-16-13-18(26-28(10,11)23(5,6)7)14-17(24)15-19(16)20-21(25-20)27(8,9)22(2,3)4/h13,16,19-21H,12,14-15H2,1-11H3/t16-,19?,20-,21-/m1/s1. The summed E-state index contributed by atoms with van der Waals surface area (Å²) in [7, 11) is -3.49. The van der Waals surface area contributed by atoms with Gasteiger partial charge in [0.2, 0.25) is 8.32 Å². The Morgan fingerprint density at radius 2 is 1.64 bits per heavy atom. The van der Waals surface area contributed by atoms with Crippen LogP contribution in [0.15, 0.2) is 11.8 Å². The van der Waals surface area contributed by atoms with Crippen LogP contribution in [-0.2, 0) is 14.0 Å². The molecule has 162 valence electrons. The maximum atomic E-state index is 12.8. The molecule has 1 aliphatic heterocycles. The van der Waals surface area contributed by atoms with Crippen molar-refractivity contribution in [1.82, 2.24) is 0 Å². The average molecular weight is 425 g/mol. The first-order valence-corrected chi connectivity index (χ1v) is 17.1. The van der Waals surface area contributed by atoms with Crippen molar-refractivity contribution < 1.29 is 14.0 Å². The fourth-order valence-electron chi connectivity index (χ4n) is 3.89. The molecular formula is C23H44O3Si2. The van der Waals surface area contributed by atoms with Gasteiger partial charge in [-0.3, -0.25) is 4.79 Å². The fourth-order valence-corrected chi connectivity index (χ4v) is 7.41. The summed E-state index contributed by atoms with van der Waals surface area (Å²) in [5.74, 6) is 1.91. The number of Topliss-reactive ketones (excluding diaryl/α,β-unsaturated/α-hetero) is 1. The molecule has 0 saturated carbocycles. The lowest BCUT2D eigenvalue weighted by Crippen LogP contribution is -2.45. The van der Waals surface area contributed by atoms with Gasteiger partial charge in [0, 0.05) is 12.3 Å². The summed E-state index contributed by atoms with van der Waals surface area (Å²) in [4.78, 5) is 12.8. The minimum absolute atomic E-state index is 0.136. The van der Waals surface area contributed by atoms with E-state index in [0.717, 1.165) is 12.2 Å². The molecular weight excluding hydrogens is 380 g/mol. The minimum atomic E-state index is -1.93. The van der Waals surface area contributed by atoms with Crippen LogP contribution < -0.4 is 0 Å². The van der Waals surface area contributed by atoms with Crippen LogP contribution >= 0.6 is 0 Å². The van der Waals surface area contributed by atoms with E-state index in [1.807, 2.05) is 0 Å². The molecule has 0 spiro atoms. The number of allylic oxidation sites excluding steroid dienone is 2.